The SMILES string of the molecule is NC(C(=O)O)c1c(F)ccc(F)c1O. The third-order valence-corrected chi connectivity index (χ3v) is 1.69. The highest BCUT2D eigenvalue weighted by atomic mass is 19.1. The number of halogens is 2. The molecule has 14 heavy (non-hydrogen) atoms. The maximum atomic E-state index is 13.0. The largest absolute Gasteiger partial charge is 0.505 e. The zero-order chi connectivity index (χ0) is 10.9. The standard InChI is InChI=1S/C8H7F2NO3/c9-3-1-2-4(10)7(12)5(3)6(11)8(13)14/h1-2,6,12H,11H2,(H,13,14). The fourth-order valence-corrected chi connectivity index (χ4v) is 0.976. The first-order valence-corrected chi connectivity index (χ1v) is 3.60. The Balaban J connectivity index is 3.32. The Morgan fingerprint density at radius 3 is 2.36 bits per heavy atom. The summed E-state index contributed by atoms with van der Waals surface area (Å²) in [5.74, 6) is -4.79. The summed E-state index contributed by atoms with van der Waals surface area (Å²) >= 11 is 0. The molecule has 0 bridgehead atoms. The average molecular weight is 203 g/mol. The van der Waals surface area contributed by atoms with Crippen LogP contribution in [0.2, 0.25) is 0 Å². The number of rotatable bonds is 2. The van der Waals surface area contributed by atoms with Crippen LogP contribution >= 0.6 is 0 Å². The number of benzene rings is 1. The molecule has 1 atom stereocenters. The molecule has 0 radical (unpaired) electrons. The number of carbonyl (C=O) groups is 1. The molecule has 76 valence electrons. The highest BCUT2D eigenvalue weighted by molar-refractivity contribution is 5.76. The van der Waals surface area contributed by atoms with Crippen LogP contribution in [0.4, 0.5) is 8.78 Å². The van der Waals surface area contributed by atoms with E-state index in [4.69, 9.17) is 15.9 Å². The van der Waals surface area contributed by atoms with E-state index in [2.05, 4.69) is 0 Å². The van der Waals surface area contributed by atoms with E-state index in [0.717, 1.165) is 0 Å². The molecular formula is C8H7F2NO3. The molecule has 0 fully saturated rings. The van der Waals surface area contributed by atoms with E-state index in [0.29, 0.717) is 12.1 Å². The van der Waals surface area contributed by atoms with Gasteiger partial charge in [0, 0.05) is 0 Å². The molecule has 4 N–H and O–H groups in total. The molecule has 0 aliphatic carbocycles. The summed E-state index contributed by atoms with van der Waals surface area (Å²) in [5.41, 5.74) is 4.29. The zero-order valence-electron chi connectivity index (χ0n) is 6.87. The number of phenols is 1. The van der Waals surface area contributed by atoms with E-state index < -0.39 is 35.0 Å². The predicted molar refractivity (Wildman–Crippen MR) is 42.6 cm³/mol. The van der Waals surface area contributed by atoms with Crippen molar-refractivity contribution in [3.05, 3.63) is 29.3 Å². The lowest BCUT2D eigenvalue weighted by molar-refractivity contribution is -0.138. The molecule has 0 aromatic heterocycles. The van der Waals surface area contributed by atoms with Crippen molar-refractivity contribution in [3.8, 4) is 5.75 Å². The summed E-state index contributed by atoms with van der Waals surface area (Å²) in [5, 5.41) is 17.5. The van der Waals surface area contributed by atoms with Gasteiger partial charge in [-0.3, -0.25) is 4.79 Å². The van der Waals surface area contributed by atoms with Crippen LogP contribution in [0.25, 0.3) is 0 Å². The topological polar surface area (TPSA) is 83.6 Å². The molecule has 0 aliphatic heterocycles. The lowest BCUT2D eigenvalue weighted by Crippen LogP contribution is -2.22. The number of nitrogens with two attached hydrogens (primary N) is 1. The monoisotopic (exact) mass is 203 g/mol. The predicted octanol–water partition coefficient (Wildman–Crippen LogP) is 0.755. The van der Waals surface area contributed by atoms with Crippen LogP contribution in [0.5, 0.6) is 5.75 Å². The molecule has 4 nitrogen and oxygen atoms in total. The van der Waals surface area contributed by atoms with E-state index in [1.807, 2.05) is 0 Å². The van der Waals surface area contributed by atoms with Crippen LogP contribution in [-0.4, -0.2) is 16.2 Å². The van der Waals surface area contributed by atoms with Gasteiger partial charge in [-0.05, 0) is 12.1 Å². The van der Waals surface area contributed by atoms with Gasteiger partial charge in [0.05, 0.1) is 5.56 Å². The van der Waals surface area contributed by atoms with Crippen molar-refractivity contribution in [1.82, 2.24) is 0 Å². The van der Waals surface area contributed by atoms with Gasteiger partial charge in [0.15, 0.2) is 11.6 Å². The Bertz CT molecular complexity index is 381. The number of hydrogen-bond acceptors (Lipinski definition) is 3. The van der Waals surface area contributed by atoms with Crippen LogP contribution in [-0.2, 0) is 4.79 Å². The molecule has 0 spiro atoms. The fourth-order valence-electron chi connectivity index (χ4n) is 0.976. The zero-order valence-corrected chi connectivity index (χ0v) is 6.87. The van der Waals surface area contributed by atoms with Crippen LogP contribution in [0, 0.1) is 11.6 Å². The van der Waals surface area contributed by atoms with E-state index in [-0.39, 0.29) is 0 Å². The Hall–Kier alpha value is -1.69. The summed E-state index contributed by atoms with van der Waals surface area (Å²) in [6.45, 7) is 0. The van der Waals surface area contributed by atoms with Crippen molar-refractivity contribution < 1.29 is 23.8 Å². The highest BCUT2D eigenvalue weighted by Crippen LogP contribution is 2.28. The molecule has 0 heterocycles. The summed E-state index contributed by atoms with van der Waals surface area (Å²) in [7, 11) is 0. The van der Waals surface area contributed by atoms with Gasteiger partial charge in [-0.15, -0.1) is 0 Å². The molecule has 1 aromatic carbocycles. The first-order valence-electron chi connectivity index (χ1n) is 3.60. The second-order valence-electron chi connectivity index (χ2n) is 2.61. The van der Waals surface area contributed by atoms with E-state index in [1.165, 1.54) is 0 Å². The van der Waals surface area contributed by atoms with Crippen LogP contribution in [0.1, 0.15) is 11.6 Å². The second kappa shape index (κ2) is 3.59. The van der Waals surface area contributed by atoms with E-state index >= 15 is 0 Å². The molecule has 0 saturated heterocycles. The number of hydrogen-bond donors (Lipinski definition) is 3. The molecule has 1 aromatic rings. The van der Waals surface area contributed by atoms with Crippen LogP contribution in [0.15, 0.2) is 12.1 Å². The van der Waals surface area contributed by atoms with Crippen molar-refractivity contribution in [2.75, 3.05) is 0 Å². The molecular weight excluding hydrogens is 196 g/mol. The number of carboxylic acids is 1. The number of phenolic OH excluding ortho intramolecular Hbond substituents is 1. The van der Waals surface area contributed by atoms with Gasteiger partial charge < -0.3 is 15.9 Å². The van der Waals surface area contributed by atoms with Crippen molar-refractivity contribution in [2.45, 2.75) is 6.04 Å². The minimum Gasteiger partial charge on any atom is -0.505 e. The smallest absolute Gasteiger partial charge is 0.325 e. The third kappa shape index (κ3) is 1.64. The molecule has 1 rings (SSSR count). The van der Waals surface area contributed by atoms with Crippen molar-refractivity contribution in [1.29, 1.82) is 0 Å². The van der Waals surface area contributed by atoms with Gasteiger partial charge in [0.2, 0.25) is 0 Å². The van der Waals surface area contributed by atoms with Crippen molar-refractivity contribution in [2.24, 2.45) is 5.73 Å². The second-order valence-corrected chi connectivity index (χ2v) is 2.61. The van der Waals surface area contributed by atoms with Crippen molar-refractivity contribution in [3.63, 3.8) is 0 Å². The first-order chi connectivity index (χ1) is 6.45. The minimum absolute atomic E-state index is 0.683. The van der Waals surface area contributed by atoms with E-state index in [1.54, 1.807) is 0 Å². The summed E-state index contributed by atoms with van der Waals surface area (Å²) in [6.07, 6.45) is 0. The minimum atomic E-state index is -1.79. The fraction of sp³-hybridized carbons (Fsp3) is 0.125. The Morgan fingerprint density at radius 1 is 1.36 bits per heavy atom. The van der Waals surface area contributed by atoms with Gasteiger partial charge in [0.1, 0.15) is 11.9 Å². The molecule has 6 heteroatoms. The Morgan fingerprint density at radius 2 is 1.86 bits per heavy atom. The van der Waals surface area contributed by atoms with Crippen LogP contribution < -0.4 is 5.73 Å². The third-order valence-electron chi connectivity index (χ3n) is 1.69. The average Bonchev–Trinajstić information content (AvgIpc) is 2.12. The number of carboxylic acid groups (broad SMARTS) is 1. The molecule has 0 aliphatic rings. The van der Waals surface area contributed by atoms with Crippen molar-refractivity contribution >= 4 is 5.97 Å². The summed E-state index contributed by atoms with van der Waals surface area (Å²) < 4.78 is 25.7. The van der Waals surface area contributed by atoms with Gasteiger partial charge in [-0.25, -0.2) is 8.78 Å². The quantitative estimate of drug-likeness (QED) is 0.662. The van der Waals surface area contributed by atoms with E-state index in [9.17, 15) is 13.6 Å². The number of aromatic hydroxyl groups is 1. The first kappa shape index (κ1) is 10.4. The Labute approximate surface area is 77.6 Å². The number of aliphatic carboxylic acids is 1. The van der Waals surface area contributed by atoms with Gasteiger partial charge in [-0.1, -0.05) is 0 Å². The van der Waals surface area contributed by atoms with Gasteiger partial charge >= 0.3 is 5.97 Å². The van der Waals surface area contributed by atoms with Crippen LogP contribution in [0.3, 0.4) is 0 Å². The molecule has 0 saturated carbocycles. The Kier molecular flexibility index (Phi) is 2.66. The maximum Gasteiger partial charge on any atom is 0.325 e. The van der Waals surface area contributed by atoms with Gasteiger partial charge in [0.25, 0.3) is 0 Å². The maximum absolute atomic E-state index is 13.0. The lowest BCUT2D eigenvalue weighted by atomic mass is 10.1. The highest BCUT2D eigenvalue weighted by Gasteiger charge is 2.24. The normalized spacial score (nSPS) is 12.5. The van der Waals surface area contributed by atoms with Gasteiger partial charge in [-0.2, -0.15) is 0 Å². The molecule has 0 amide bonds. The summed E-state index contributed by atoms with van der Waals surface area (Å²) in [6, 6.07) is -0.402. The molecule has 1 unspecified atom stereocenters. The summed E-state index contributed by atoms with van der Waals surface area (Å²) in [4.78, 5) is 10.4. The lowest BCUT2D eigenvalue weighted by Gasteiger charge is -2.10.